The van der Waals surface area contributed by atoms with Crippen LogP contribution in [-0.2, 0) is 4.79 Å². The number of nitrogens with one attached hydrogen (secondary N) is 2. The largest absolute Gasteiger partial charge is 0.492 e. The van der Waals surface area contributed by atoms with Gasteiger partial charge < -0.3 is 15.4 Å². The maximum atomic E-state index is 12.1. The van der Waals surface area contributed by atoms with Crippen molar-refractivity contribution in [2.45, 2.75) is 33.6 Å². The van der Waals surface area contributed by atoms with Gasteiger partial charge in [0, 0.05) is 5.92 Å². The van der Waals surface area contributed by atoms with Gasteiger partial charge in [0.25, 0.3) is 0 Å². The molecule has 1 amide bonds. The van der Waals surface area contributed by atoms with Crippen molar-refractivity contribution in [2.24, 2.45) is 5.92 Å². The minimum absolute atomic E-state index is 0.00247. The summed E-state index contributed by atoms with van der Waals surface area (Å²) < 4.78 is 5.57. The Morgan fingerprint density at radius 2 is 1.71 bits per heavy atom. The predicted octanol–water partition coefficient (Wildman–Crippen LogP) is 3.99. The van der Waals surface area contributed by atoms with Crippen molar-refractivity contribution in [3.63, 3.8) is 0 Å². The van der Waals surface area contributed by atoms with Gasteiger partial charge in [0.2, 0.25) is 5.91 Å². The number of carbonyl (C=O) groups excluding carboxylic acids is 1. The molecule has 0 fully saturated rings. The van der Waals surface area contributed by atoms with Gasteiger partial charge in [0.05, 0.1) is 12.3 Å². The number of aromatic nitrogens is 2. The molecule has 0 atom stereocenters. The molecule has 2 aromatic rings. The fourth-order valence-corrected chi connectivity index (χ4v) is 2.34. The molecule has 0 saturated heterocycles. The van der Waals surface area contributed by atoms with Gasteiger partial charge in [0.1, 0.15) is 5.75 Å². The molecule has 0 spiro atoms. The average Bonchev–Trinajstić information content (AvgIpc) is 2.60. The van der Waals surface area contributed by atoms with Crippen molar-refractivity contribution >= 4 is 23.2 Å². The van der Waals surface area contributed by atoms with Gasteiger partial charge in [-0.15, -0.1) is 10.2 Å². The molecule has 128 valence electrons. The lowest BCUT2D eigenvalue weighted by molar-refractivity contribution is -0.120. The van der Waals surface area contributed by atoms with E-state index in [9.17, 15) is 4.79 Å². The molecule has 24 heavy (non-hydrogen) atoms. The molecule has 0 aliphatic rings. The van der Waals surface area contributed by atoms with Crippen LogP contribution in [0.1, 0.15) is 33.6 Å². The molecule has 0 aliphatic heterocycles. The van der Waals surface area contributed by atoms with Gasteiger partial charge in [0.15, 0.2) is 11.6 Å². The van der Waals surface area contributed by atoms with Gasteiger partial charge in [-0.2, -0.15) is 0 Å². The van der Waals surface area contributed by atoms with E-state index in [1.54, 1.807) is 12.1 Å². The number of benzene rings is 1. The Morgan fingerprint density at radius 1 is 1.04 bits per heavy atom. The Kier molecular flexibility index (Phi) is 6.54. The highest BCUT2D eigenvalue weighted by molar-refractivity contribution is 5.91. The predicted molar refractivity (Wildman–Crippen MR) is 95.6 cm³/mol. The molecule has 0 unspecified atom stereocenters. The summed E-state index contributed by atoms with van der Waals surface area (Å²) in [6, 6.07) is 11.1. The molecule has 0 aliphatic carbocycles. The fraction of sp³-hybridized carbons (Fsp3) is 0.389. The second-order valence-corrected chi connectivity index (χ2v) is 5.36. The van der Waals surface area contributed by atoms with E-state index in [2.05, 4.69) is 20.8 Å². The van der Waals surface area contributed by atoms with Crippen LogP contribution in [-0.4, -0.2) is 22.7 Å². The van der Waals surface area contributed by atoms with Gasteiger partial charge >= 0.3 is 0 Å². The molecule has 1 aromatic carbocycles. The summed E-state index contributed by atoms with van der Waals surface area (Å²) in [4.78, 5) is 12.1. The number of ether oxygens (including phenoxy) is 1. The number of hydrogen-bond acceptors (Lipinski definition) is 5. The zero-order valence-corrected chi connectivity index (χ0v) is 14.4. The van der Waals surface area contributed by atoms with E-state index in [1.807, 2.05) is 45.0 Å². The molecule has 0 saturated carbocycles. The second kappa shape index (κ2) is 8.86. The number of amides is 1. The van der Waals surface area contributed by atoms with Gasteiger partial charge in [-0.25, -0.2) is 0 Å². The Hall–Kier alpha value is -2.63. The highest BCUT2D eigenvalue weighted by Crippen LogP contribution is 2.26. The maximum absolute atomic E-state index is 12.1. The van der Waals surface area contributed by atoms with Crippen LogP contribution in [0.15, 0.2) is 36.4 Å². The third-order valence-electron chi connectivity index (χ3n) is 3.72. The summed E-state index contributed by atoms with van der Waals surface area (Å²) in [6.07, 6.45) is 1.62. The van der Waals surface area contributed by atoms with Crippen molar-refractivity contribution in [1.82, 2.24) is 10.2 Å². The number of carbonyl (C=O) groups is 1. The van der Waals surface area contributed by atoms with Crippen LogP contribution in [0.25, 0.3) is 0 Å². The molecule has 1 aromatic heterocycles. The molecular weight excluding hydrogens is 304 g/mol. The Bertz CT molecular complexity index is 654. The number of hydrogen-bond donors (Lipinski definition) is 2. The smallest absolute Gasteiger partial charge is 0.228 e. The number of para-hydroxylation sites is 2. The molecule has 2 N–H and O–H groups in total. The molecule has 2 rings (SSSR count). The Balaban J connectivity index is 2.03. The van der Waals surface area contributed by atoms with E-state index in [1.165, 1.54) is 0 Å². The standard InChI is InChI=1S/C18H24N4O2/c1-4-13(5-2)18(23)20-17-12-11-16(21-22-17)19-14-9-7-8-10-15(14)24-6-3/h7-13H,4-6H2,1-3H3,(H,19,21)(H,20,22,23). The van der Waals surface area contributed by atoms with Gasteiger partial charge in [-0.1, -0.05) is 26.0 Å². The lowest BCUT2D eigenvalue weighted by atomic mass is 10.0. The fourth-order valence-electron chi connectivity index (χ4n) is 2.34. The van der Waals surface area contributed by atoms with Crippen LogP contribution >= 0.6 is 0 Å². The minimum atomic E-state index is -0.0169. The summed E-state index contributed by atoms with van der Waals surface area (Å²) in [6.45, 7) is 6.53. The van der Waals surface area contributed by atoms with Crippen LogP contribution in [0, 0.1) is 5.92 Å². The van der Waals surface area contributed by atoms with Gasteiger partial charge in [-0.3, -0.25) is 4.79 Å². The lowest BCUT2D eigenvalue weighted by Gasteiger charge is -2.13. The first-order chi connectivity index (χ1) is 11.7. The first-order valence-electron chi connectivity index (χ1n) is 8.31. The van der Waals surface area contributed by atoms with Crippen LogP contribution in [0.3, 0.4) is 0 Å². The van der Waals surface area contributed by atoms with Crippen molar-refractivity contribution < 1.29 is 9.53 Å². The Morgan fingerprint density at radius 3 is 2.33 bits per heavy atom. The minimum Gasteiger partial charge on any atom is -0.492 e. The van der Waals surface area contributed by atoms with Crippen LogP contribution in [0.4, 0.5) is 17.3 Å². The summed E-state index contributed by atoms with van der Waals surface area (Å²) in [7, 11) is 0. The number of nitrogens with zero attached hydrogens (tertiary/aromatic N) is 2. The average molecular weight is 328 g/mol. The summed E-state index contributed by atoms with van der Waals surface area (Å²) >= 11 is 0. The second-order valence-electron chi connectivity index (χ2n) is 5.36. The highest BCUT2D eigenvalue weighted by Gasteiger charge is 2.14. The van der Waals surface area contributed by atoms with Crippen molar-refractivity contribution in [1.29, 1.82) is 0 Å². The Labute approximate surface area is 142 Å². The summed E-state index contributed by atoms with van der Waals surface area (Å²) in [5, 5.41) is 14.1. The molecular formula is C18H24N4O2. The zero-order valence-electron chi connectivity index (χ0n) is 14.4. The maximum Gasteiger partial charge on any atom is 0.228 e. The summed E-state index contributed by atoms with van der Waals surface area (Å²) in [5.74, 6) is 1.78. The third kappa shape index (κ3) is 4.68. The zero-order chi connectivity index (χ0) is 17.4. The van der Waals surface area contributed by atoms with E-state index in [4.69, 9.17) is 4.74 Å². The topological polar surface area (TPSA) is 76.1 Å². The lowest BCUT2D eigenvalue weighted by Crippen LogP contribution is -2.22. The molecule has 6 nitrogen and oxygen atoms in total. The van der Waals surface area contributed by atoms with Crippen LogP contribution in [0.5, 0.6) is 5.75 Å². The molecule has 0 radical (unpaired) electrons. The van der Waals surface area contributed by atoms with Crippen molar-refractivity contribution in [2.75, 3.05) is 17.2 Å². The molecule has 6 heteroatoms. The normalized spacial score (nSPS) is 10.5. The van der Waals surface area contributed by atoms with E-state index < -0.39 is 0 Å². The van der Waals surface area contributed by atoms with E-state index in [0.717, 1.165) is 24.3 Å². The number of rotatable bonds is 8. The van der Waals surface area contributed by atoms with E-state index in [0.29, 0.717) is 18.2 Å². The van der Waals surface area contributed by atoms with Crippen LogP contribution < -0.4 is 15.4 Å². The molecule has 1 heterocycles. The first-order valence-corrected chi connectivity index (χ1v) is 8.31. The third-order valence-corrected chi connectivity index (χ3v) is 3.72. The monoisotopic (exact) mass is 328 g/mol. The van der Waals surface area contributed by atoms with E-state index in [-0.39, 0.29) is 11.8 Å². The van der Waals surface area contributed by atoms with Crippen LogP contribution in [0.2, 0.25) is 0 Å². The van der Waals surface area contributed by atoms with Crippen molar-refractivity contribution in [3.05, 3.63) is 36.4 Å². The molecule has 0 bridgehead atoms. The number of anilines is 3. The SMILES string of the molecule is CCOc1ccccc1Nc1ccc(NC(=O)C(CC)CC)nn1. The first kappa shape index (κ1) is 17.7. The highest BCUT2D eigenvalue weighted by atomic mass is 16.5. The summed E-state index contributed by atoms with van der Waals surface area (Å²) in [5.41, 5.74) is 0.822. The van der Waals surface area contributed by atoms with E-state index >= 15 is 0 Å². The quantitative estimate of drug-likeness (QED) is 0.766. The van der Waals surface area contributed by atoms with Gasteiger partial charge in [-0.05, 0) is 44.0 Å². The van der Waals surface area contributed by atoms with Crippen molar-refractivity contribution in [3.8, 4) is 5.75 Å².